The van der Waals surface area contributed by atoms with Gasteiger partial charge in [-0.3, -0.25) is 9.63 Å². The highest BCUT2D eigenvalue weighted by Gasteiger charge is 2.28. The monoisotopic (exact) mass is 358 g/mol. The first-order valence-corrected chi connectivity index (χ1v) is 7.19. The third-order valence-electron chi connectivity index (χ3n) is 3.31. The van der Waals surface area contributed by atoms with Gasteiger partial charge in [0.2, 0.25) is 5.82 Å². The smallest absolute Gasteiger partial charge is 0.286 e. The van der Waals surface area contributed by atoms with Crippen LogP contribution in [0.15, 0.2) is 12.1 Å². The number of carbonyl (C=O) groups excluding carboxylic acids is 1. The van der Waals surface area contributed by atoms with Crippen LogP contribution in [-0.2, 0) is 4.84 Å². The Morgan fingerprint density at radius 1 is 1.21 bits per heavy atom. The molecule has 1 aromatic carbocycles. The number of nitrogens with zero attached hydrogens (tertiary/aromatic N) is 3. The van der Waals surface area contributed by atoms with Crippen LogP contribution < -0.4 is 10.8 Å². The number of anilines is 1. The Morgan fingerprint density at radius 2 is 1.88 bits per heavy atom. The second-order valence-corrected chi connectivity index (χ2v) is 5.29. The number of amides is 1. The maximum absolute atomic E-state index is 14.2. The van der Waals surface area contributed by atoms with Gasteiger partial charge in [0.15, 0.2) is 5.82 Å². The van der Waals surface area contributed by atoms with Gasteiger partial charge in [0.25, 0.3) is 5.91 Å². The van der Waals surface area contributed by atoms with E-state index in [1.54, 1.807) is 0 Å². The summed E-state index contributed by atoms with van der Waals surface area (Å²) >= 11 is 6.01. The van der Waals surface area contributed by atoms with Gasteiger partial charge in [-0.05, 0) is 6.42 Å². The number of aromatic nitrogens is 2. The minimum absolute atomic E-state index is 0.120. The van der Waals surface area contributed by atoms with E-state index in [-0.39, 0.29) is 11.4 Å². The third-order valence-corrected chi connectivity index (χ3v) is 3.59. The van der Waals surface area contributed by atoms with Crippen molar-refractivity contribution in [2.24, 2.45) is 5.73 Å². The first-order chi connectivity index (χ1) is 11.4. The van der Waals surface area contributed by atoms with Gasteiger partial charge in [0.05, 0.1) is 17.7 Å². The van der Waals surface area contributed by atoms with Gasteiger partial charge in [-0.1, -0.05) is 11.6 Å². The maximum Gasteiger partial charge on any atom is 0.286 e. The molecule has 1 amide bonds. The van der Waals surface area contributed by atoms with Crippen molar-refractivity contribution in [1.29, 1.82) is 0 Å². The molecule has 0 saturated carbocycles. The molecule has 2 N–H and O–H groups in total. The summed E-state index contributed by atoms with van der Waals surface area (Å²) in [6.45, 7) is 0.699. The average Bonchev–Trinajstić information content (AvgIpc) is 3.01. The molecule has 2 heterocycles. The van der Waals surface area contributed by atoms with E-state index in [0.717, 1.165) is 0 Å². The van der Waals surface area contributed by atoms with E-state index in [9.17, 15) is 18.0 Å². The molecule has 1 aromatic heterocycles. The lowest BCUT2D eigenvalue weighted by molar-refractivity contribution is 0.0990. The number of primary amides is 1. The van der Waals surface area contributed by atoms with Crippen LogP contribution in [0.5, 0.6) is 0 Å². The molecule has 24 heavy (non-hydrogen) atoms. The molecule has 3 rings (SSSR count). The summed E-state index contributed by atoms with van der Waals surface area (Å²) in [6.07, 6.45) is 0.626. The summed E-state index contributed by atoms with van der Waals surface area (Å²) in [5.74, 6) is -4.99. The van der Waals surface area contributed by atoms with Gasteiger partial charge in [0.1, 0.15) is 22.6 Å². The van der Waals surface area contributed by atoms with E-state index in [1.807, 2.05) is 0 Å². The van der Waals surface area contributed by atoms with E-state index in [1.165, 1.54) is 5.06 Å². The number of halogens is 4. The minimum Gasteiger partial charge on any atom is -0.363 e. The molecule has 126 valence electrons. The Labute approximate surface area is 139 Å². The van der Waals surface area contributed by atoms with Crippen molar-refractivity contribution in [1.82, 2.24) is 9.97 Å². The second kappa shape index (κ2) is 6.25. The topological polar surface area (TPSA) is 81.3 Å². The van der Waals surface area contributed by atoms with Gasteiger partial charge < -0.3 is 5.73 Å². The lowest BCUT2D eigenvalue weighted by Crippen LogP contribution is -2.23. The summed E-state index contributed by atoms with van der Waals surface area (Å²) in [5.41, 5.74) is 4.27. The zero-order chi connectivity index (χ0) is 17.4. The molecule has 2 aromatic rings. The van der Waals surface area contributed by atoms with Gasteiger partial charge >= 0.3 is 0 Å². The minimum atomic E-state index is -1.19. The van der Waals surface area contributed by atoms with Crippen molar-refractivity contribution in [3.05, 3.63) is 40.6 Å². The van der Waals surface area contributed by atoms with Crippen LogP contribution in [0.1, 0.15) is 17.0 Å². The molecular formula is C14H10ClF3N4O2. The molecular weight excluding hydrogens is 349 g/mol. The number of carbonyl (C=O) groups is 1. The predicted octanol–water partition coefficient (Wildman–Crippen LogP) is 2.45. The van der Waals surface area contributed by atoms with Crippen LogP contribution >= 0.6 is 11.6 Å². The highest BCUT2D eigenvalue weighted by molar-refractivity contribution is 6.33. The SMILES string of the molecule is NC(=O)c1nc(Cl)c(-c2c(F)cc(F)cc2F)c(N2CCCO2)n1. The van der Waals surface area contributed by atoms with Gasteiger partial charge in [0, 0.05) is 18.7 Å². The lowest BCUT2D eigenvalue weighted by Gasteiger charge is -2.20. The van der Waals surface area contributed by atoms with Crippen molar-refractivity contribution in [2.45, 2.75) is 6.42 Å². The first-order valence-electron chi connectivity index (χ1n) is 6.81. The van der Waals surface area contributed by atoms with Crippen molar-refractivity contribution in [2.75, 3.05) is 18.2 Å². The molecule has 6 nitrogen and oxygen atoms in total. The van der Waals surface area contributed by atoms with Crippen LogP contribution in [0, 0.1) is 17.5 Å². The van der Waals surface area contributed by atoms with Gasteiger partial charge in [-0.15, -0.1) is 0 Å². The van der Waals surface area contributed by atoms with E-state index in [4.69, 9.17) is 22.2 Å². The van der Waals surface area contributed by atoms with Crippen LogP contribution in [0.2, 0.25) is 5.15 Å². The van der Waals surface area contributed by atoms with Crippen molar-refractivity contribution < 1.29 is 22.8 Å². The summed E-state index contributed by atoms with van der Waals surface area (Å²) in [6, 6.07) is 1.01. The third kappa shape index (κ3) is 2.87. The number of benzene rings is 1. The molecule has 1 aliphatic rings. The van der Waals surface area contributed by atoms with Gasteiger partial charge in [-0.2, -0.15) is 0 Å². The number of nitrogens with two attached hydrogens (primary N) is 1. The Hall–Kier alpha value is -2.39. The molecule has 0 unspecified atom stereocenters. The Balaban J connectivity index is 2.29. The predicted molar refractivity (Wildman–Crippen MR) is 78.8 cm³/mol. The van der Waals surface area contributed by atoms with Crippen LogP contribution in [-0.4, -0.2) is 29.0 Å². The zero-order valence-electron chi connectivity index (χ0n) is 12.0. The van der Waals surface area contributed by atoms with E-state index in [2.05, 4.69) is 9.97 Å². The van der Waals surface area contributed by atoms with Crippen LogP contribution in [0.4, 0.5) is 19.0 Å². The average molecular weight is 359 g/mol. The highest BCUT2D eigenvalue weighted by atomic mass is 35.5. The van der Waals surface area contributed by atoms with Crippen molar-refractivity contribution in [3.8, 4) is 11.1 Å². The molecule has 0 spiro atoms. The molecule has 10 heteroatoms. The van der Waals surface area contributed by atoms with Crippen LogP contribution in [0.3, 0.4) is 0 Å². The van der Waals surface area contributed by atoms with Crippen molar-refractivity contribution in [3.63, 3.8) is 0 Å². The summed E-state index contributed by atoms with van der Waals surface area (Å²) in [7, 11) is 0. The number of hydroxylamine groups is 1. The van der Waals surface area contributed by atoms with E-state index < -0.39 is 39.9 Å². The number of hydrogen-bond donors (Lipinski definition) is 1. The van der Waals surface area contributed by atoms with Gasteiger partial charge in [-0.25, -0.2) is 28.2 Å². The standard InChI is InChI=1S/C14H10ClF3N4O2/c15-11-10(9-7(17)4-6(16)5-8(9)18)14(22-2-1-3-24-22)21-13(20-11)12(19)23/h4-5H,1-3H2,(H2,19,23). The largest absolute Gasteiger partial charge is 0.363 e. The molecule has 0 atom stereocenters. The number of hydrogen-bond acceptors (Lipinski definition) is 5. The Bertz CT molecular complexity index is 805. The Morgan fingerprint density at radius 3 is 2.42 bits per heavy atom. The number of rotatable bonds is 3. The second-order valence-electron chi connectivity index (χ2n) is 4.93. The quantitative estimate of drug-likeness (QED) is 0.852. The fourth-order valence-corrected chi connectivity index (χ4v) is 2.58. The summed E-state index contributed by atoms with van der Waals surface area (Å²) in [4.78, 5) is 24.2. The lowest BCUT2D eigenvalue weighted by atomic mass is 10.1. The van der Waals surface area contributed by atoms with Crippen LogP contribution in [0.25, 0.3) is 11.1 Å². The first kappa shape index (κ1) is 16.5. The normalized spacial score (nSPS) is 14.2. The highest BCUT2D eigenvalue weighted by Crippen LogP contribution is 2.39. The maximum atomic E-state index is 14.2. The molecule has 0 aliphatic carbocycles. The summed E-state index contributed by atoms with van der Waals surface area (Å²) in [5, 5.41) is 0.825. The summed E-state index contributed by atoms with van der Waals surface area (Å²) < 4.78 is 41.5. The van der Waals surface area contributed by atoms with E-state index in [0.29, 0.717) is 31.7 Å². The van der Waals surface area contributed by atoms with Crippen molar-refractivity contribution >= 4 is 23.3 Å². The molecule has 0 radical (unpaired) electrons. The zero-order valence-corrected chi connectivity index (χ0v) is 12.8. The molecule has 1 fully saturated rings. The molecule has 1 aliphatic heterocycles. The Kier molecular flexibility index (Phi) is 4.29. The van der Waals surface area contributed by atoms with E-state index >= 15 is 0 Å². The fraction of sp³-hybridized carbons (Fsp3) is 0.214. The molecule has 1 saturated heterocycles. The fourth-order valence-electron chi connectivity index (χ4n) is 2.32. The molecule has 0 bridgehead atoms.